The number of hydrogen-bond acceptors (Lipinski definition) is 8. The molecule has 2 saturated heterocycles. The molecule has 1 atom stereocenters. The van der Waals surface area contributed by atoms with Crippen molar-refractivity contribution in [3.05, 3.63) is 40.8 Å². The third-order valence-corrected chi connectivity index (χ3v) is 9.21. The molecule has 0 saturated carbocycles. The second-order valence-electron chi connectivity index (χ2n) is 10.3. The van der Waals surface area contributed by atoms with E-state index in [9.17, 15) is 23.3 Å². The topological polar surface area (TPSA) is 136 Å². The van der Waals surface area contributed by atoms with Crippen LogP contribution in [0.25, 0.3) is 11.0 Å². The average Bonchev–Trinajstić information content (AvgIpc) is 3.52. The monoisotopic (exact) mass is 553 g/mol. The number of aliphatic imine (C=N–C) groups is 1. The summed E-state index contributed by atoms with van der Waals surface area (Å²) in [5.74, 6) is -0.335. The number of benzene rings is 1. The molecule has 11 heteroatoms. The first-order chi connectivity index (χ1) is 18.6. The molecule has 10 nitrogen and oxygen atoms in total. The molecule has 39 heavy (non-hydrogen) atoms. The molecule has 2 aromatic rings. The normalized spacial score (nSPS) is 19.5. The van der Waals surface area contributed by atoms with Gasteiger partial charge in [-0.1, -0.05) is 6.42 Å². The highest BCUT2D eigenvalue weighted by Gasteiger charge is 2.30. The minimum absolute atomic E-state index is 0.0272. The van der Waals surface area contributed by atoms with Crippen molar-refractivity contribution in [3.63, 3.8) is 0 Å². The lowest BCUT2D eigenvalue weighted by molar-refractivity contribution is -0.140. The second kappa shape index (κ2) is 12.0. The zero-order valence-corrected chi connectivity index (χ0v) is 23.5. The first kappa shape index (κ1) is 28.4. The van der Waals surface area contributed by atoms with E-state index >= 15 is 0 Å². The number of nitrogens with zero attached hydrogens (tertiary/aromatic N) is 4. The van der Waals surface area contributed by atoms with Crippen LogP contribution in [-0.2, 0) is 19.4 Å². The molecule has 1 N–H and O–H groups in total. The van der Waals surface area contributed by atoms with Gasteiger partial charge in [0.25, 0.3) is 0 Å². The third kappa shape index (κ3) is 6.50. The summed E-state index contributed by atoms with van der Waals surface area (Å²) in [6, 6.07) is 8.90. The number of carbonyl (C=O) groups excluding carboxylic acids is 2. The number of allylic oxidation sites excluding steroid dienone is 1. The molecule has 1 aromatic heterocycles. The van der Waals surface area contributed by atoms with Crippen molar-refractivity contribution >= 4 is 44.5 Å². The van der Waals surface area contributed by atoms with E-state index in [1.807, 2.05) is 19.1 Å². The van der Waals surface area contributed by atoms with Crippen molar-refractivity contribution in [1.29, 1.82) is 5.26 Å². The van der Waals surface area contributed by atoms with Crippen LogP contribution in [0.2, 0.25) is 0 Å². The standard InChI is InChI=1S/C28H35N5O5S/c1-19(2)39(36,37)25(16-29)27(31-23-9-10-24-22(15-23)14-20(3)38-24)30-17-21-8-4-5-13-33(28(21)35)18-26(34)32-11-6-7-12-32/h9-10,14-15,17,19,21,31H,4-8,11-13,18H2,1-3H3/b27-25+,30-17-. The van der Waals surface area contributed by atoms with Crippen molar-refractivity contribution in [2.24, 2.45) is 10.9 Å². The Bertz CT molecular complexity index is 1440. The maximum Gasteiger partial charge on any atom is 0.242 e. The highest BCUT2D eigenvalue weighted by atomic mass is 32.2. The molecule has 2 aliphatic heterocycles. The summed E-state index contributed by atoms with van der Waals surface area (Å²) in [6.07, 6.45) is 5.41. The number of hydrogen-bond donors (Lipinski definition) is 1. The minimum Gasteiger partial charge on any atom is -0.461 e. The summed E-state index contributed by atoms with van der Waals surface area (Å²) in [7, 11) is -3.98. The molecule has 4 rings (SSSR count). The fourth-order valence-electron chi connectivity index (χ4n) is 4.85. The lowest BCUT2D eigenvalue weighted by atomic mass is 10.0. The number of likely N-dealkylation sites (tertiary alicyclic amines) is 2. The van der Waals surface area contributed by atoms with E-state index in [-0.39, 0.29) is 24.2 Å². The number of aryl methyl sites for hydroxylation is 1. The molecule has 1 unspecified atom stereocenters. The highest BCUT2D eigenvalue weighted by Crippen LogP contribution is 2.26. The number of fused-ring (bicyclic) bond motifs is 1. The van der Waals surface area contributed by atoms with Crippen molar-refractivity contribution in [3.8, 4) is 6.07 Å². The van der Waals surface area contributed by atoms with Crippen molar-refractivity contribution in [2.75, 3.05) is 31.5 Å². The lowest BCUT2D eigenvalue weighted by Crippen LogP contribution is -2.43. The van der Waals surface area contributed by atoms with Gasteiger partial charge in [0.15, 0.2) is 20.6 Å². The Hall–Kier alpha value is -3.65. The van der Waals surface area contributed by atoms with Crippen LogP contribution in [-0.4, -0.2) is 67.7 Å². The molecular weight excluding hydrogens is 518 g/mol. The summed E-state index contributed by atoms with van der Waals surface area (Å²) in [5.41, 5.74) is 1.20. The van der Waals surface area contributed by atoms with Crippen molar-refractivity contribution in [2.45, 2.75) is 58.1 Å². The van der Waals surface area contributed by atoms with Crippen molar-refractivity contribution in [1.82, 2.24) is 9.80 Å². The number of nitriles is 1. The summed E-state index contributed by atoms with van der Waals surface area (Å²) < 4.78 is 31.7. The number of furan rings is 1. The molecule has 0 spiro atoms. The van der Waals surface area contributed by atoms with Crippen LogP contribution in [0.3, 0.4) is 0 Å². The summed E-state index contributed by atoms with van der Waals surface area (Å²) in [4.78, 5) is 33.4. The fraction of sp³-hybridized carbons (Fsp3) is 0.500. The Morgan fingerprint density at radius 2 is 1.92 bits per heavy atom. The Morgan fingerprint density at radius 1 is 1.21 bits per heavy atom. The van der Waals surface area contributed by atoms with Crippen LogP contribution in [0.15, 0.2) is 44.4 Å². The number of amides is 2. The van der Waals surface area contributed by atoms with Gasteiger partial charge in [0.2, 0.25) is 11.8 Å². The minimum atomic E-state index is -3.98. The number of nitrogens with one attached hydrogen (secondary N) is 1. The maximum atomic E-state index is 13.4. The summed E-state index contributed by atoms with van der Waals surface area (Å²) in [5, 5.41) is 12.8. The zero-order chi connectivity index (χ0) is 28.2. The lowest BCUT2D eigenvalue weighted by Gasteiger charge is -2.25. The largest absolute Gasteiger partial charge is 0.461 e. The molecule has 3 heterocycles. The average molecular weight is 554 g/mol. The van der Waals surface area contributed by atoms with E-state index in [1.54, 1.807) is 28.0 Å². The van der Waals surface area contributed by atoms with Crippen molar-refractivity contribution < 1.29 is 22.4 Å². The molecule has 1 aromatic carbocycles. The van der Waals surface area contributed by atoms with E-state index in [4.69, 9.17) is 4.42 Å². The predicted octanol–water partition coefficient (Wildman–Crippen LogP) is 3.99. The molecule has 208 valence electrons. The Balaban J connectivity index is 1.64. The fourth-order valence-corrected chi connectivity index (χ4v) is 5.82. The van der Waals surface area contributed by atoms with E-state index < -0.39 is 25.9 Å². The number of anilines is 1. The number of carbonyl (C=O) groups is 2. The third-order valence-electron chi connectivity index (χ3n) is 7.11. The number of rotatable bonds is 8. The summed E-state index contributed by atoms with van der Waals surface area (Å²) in [6.45, 7) is 6.78. The highest BCUT2D eigenvalue weighted by molar-refractivity contribution is 7.96. The first-order valence-corrected chi connectivity index (χ1v) is 14.9. The van der Waals surface area contributed by atoms with Crippen LogP contribution in [0.4, 0.5) is 5.69 Å². The molecule has 0 bridgehead atoms. The second-order valence-corrected chi connectivity index (χ2v) is 12.8. The molecule has 2 fully saturated rings. The van der Waals surface area contributed by atoms with E-state index in [1.165, 1.54) is 20.1 Å². The quantitative estimate of drug-likeness (QED) is 0.386. The Labute approximate surface area is 229 Å². The first-order valence-electron chi connectivity index (χ1n) is 13.4. The van der Waals surface area contributed by atoms with Crippen LogP contribution >= 0.6 is 0 Å². The molecule has 2 aliphatic rings. The Kier molecular flexibility index (Phi) is 8.75. The smallest absolute Gasteiger partial charge is 0.242 e. The van der Waals surface area contributed by atoms with Gasteiger partial charge in [-0.2, -0.15) is 5.26 Å². The van der Waals surface area contributed by atoms with E-state index in [2.05, 4.69) is 10.3 Å². The Morgan fingerprint density at radius 3 is 2.62 bits per heavy atom. The predicted molar refractivity (Wildman–Crippen MR) is 149 cm³/mol. The van der Waals surface area contributed by atoms with Gasteiger partial charge >= 0.3 is 0 Å². The van der Waals surface area contributed by atoms with Crippen LogP contribution < -0.4 is 5.32 Å². The molecule has 0 radical (unpaired) electrons. The van der Waals surface area contributed by atoms with E-state index in [0.29, 0.717) is 24.2 Å². The van der Waals surface area contributed by atoms with Crippen LogP contribution in [0.5, 0.6) is 0 Å². The van der Waals surface area contributed by atoms with Gasteiger partial charge in [0.05, 0.1) is 17.7 Å². The van der Waals surface area contributed by atoms with Gasteiger partial charge in [-0.3, -0.25) is 9.59 Å². The van der Waals surface area contributed by atoms with Crippen LogP contribution in [0.1, 0.15) is 51.7 Å². The SMILES string of the molecule is Cc1cc2cc(NC(/N=C\C3CCCCN(CC(=O)N4CCCC4)C3=O)=C(\C#N)S(=O)(=O)C(C)C)ccc2o1. The summed E-state index contributed by atoms with van der Waals surface area (Å²) >= 11 is 0. The van der Waals surface area contributed by atoms with Gasteiger partial charge in [-0.15, -0.1) is 0 Å². The van der Waals surface area contributed by atoms with Crippen LogP contribution in [0, 0.1) is 24.2 Å². The van der Waals surface area contributed by atoms with Gasteiger partial charge < -0.3 is 19.5 Å². The molecule has 0 aliphatic carbocycles. The molecular formula is C28H35N5O5S. The van der Waals surface area contributed by atoms with E-state index in [0.717, 1.165) is 49.9 Å². The van der Waals surface area contributed by atoms with Gasteiger partial charge in [-0.05, 0) is 70.7 Å². The number of sulfone groups is 1. The molecule has 2 amide bonds. The maximum absolute atomic E-state index is 13.4. The zero-order valence-electron chi connectivity index (χ0n) is 22.6. The van der Waals surface area contributed by atoms with Gasteiger partial charge in [0, 0.05) is 36.9 Å². The van der Waals surface area contributed by atoms with Gasteiger partial charge in [-0.25, -0.2) is 13.4 Å². The van der Waals surface area contributed by atoms with Gasteiger partial charge in [0.1, 0.15) is 17.4 Å².